The first-order valence-electron chi connectivity index (χ1n) is 5.46. The van der Waals surface area contributed by atoms with Crippen LogP contribution in [0.5, 0.6) is 0 Å². The van der Waals surface area contributed by atoms with Crippen LogP contribution in [0.4, 0.5) is 0 Å². The zero-order chi connectivity index (χ0) is 11.5. The predicted octanol–water partition coefficient (Wildman–Crippen LogP) is 3.14. The Labute approximate surface area is 99.2 Å². The Bertz CT molecular complexity index is 600. The van der Waals surface area contributed by atoms with Gasteiger partial charge in [0.15, 0.2) is 5.82 Å². The molecule has 0 saturated heterocycles. The lowest BCUT2D eigenvalue weighted by molar-refractivity contribution is 1.23. The van der Waals surface area contributed by atoms with Gasteiger partial charge in [0.05, 0.1) is 5.69 Å². The quantitative estimate of drug-likeness (QED) is 0.722. The minimum absolute atomic E-state index is 0.794. The van der Waals surface area contributed by atoms with Gasteiger partial charge < -0.3 is 4.98 Å². The summed E-state index contributed by atoms with van der Waals surface area (Å²) in [5, 5.41) is 0. The van der Waals surface area contributed by atoms with E-state index in [-0.39, 0.29) is 0 Å². The van der Waals surface area contributed by atoms with Crippen molar-refractivity contribution in [3.8, 4) is 22.8 Å². The first-order valence-corrected chi connectivity index (χ1v) is 5.46. The van der Waals surface area contributed by atoms with Gasteiger partial charge in [0.25, 0.3) is 0 Å². The maximum absolute atomic E-state index is 4.59. The van der Waals surface area contributed by atoms with Crippen LogP contribution in [0.25, 0.3) is 22.8 Å². The van der Waals surface area contributed by atoms with E-state index >= 15 is 0 Å². The Morgan fingerprint density at radius 2 is 1.65 bits per heavy atom. The molecule has 1 aromatic carbocycles. The van der Waals surface area contributed by atoms with Crippen LogP contribution in [0.3, 0.4) is 0 Å². The topological polar surface area (TPSA) is 41.6 Å². The van der Waals surface area contributed by atoms with Crippen molar-refractivity contribution in [1.29, 1.82) is 0 Å². The lowest BCUT2D eigenvalue weighted by Gasteiger charge is -2.02. The highest BCUT2D eigenvalue weighted by atomic mass is 14.9. The largest absolute Gasteiger partial charge is 0.343 e. The molecule has 1 N–H and O–H groups in total. The van der Waals surface area contributed by atoms with Crippen LogP contribution in [-0.4, -0.2) is 15.0 Å². The molecular weight excluding hydrogens is 210 g/mol. The van der Waals surface area contributed by atoms with Crippen LogP contribution in [-0.2, 0) is 0 Å². The van der Waals surface area contributed by atoms with Gasteiger partial charge in [-0.2, -0.15) is 0 Å². The lowest BCUT2D eigenvalue weighted by atomic mass is 10.1. The summed E-state index contributed by atoms with van der Waals surface area (Å²) in [6.07, 6.45) is 3.53. The highest BCUT2D eigenvalue weighted by Crippen LogP contribution is 2.19. The average molecular weight is 221 g/mol. The maximum atomic E-state index is 4.59. The second-order valence-corrected chi connectivity index (χ2v) is 3.71. The van der Waals surface area contributed by atoms with E-state index in [2.05, 4.69) is 15.0 Å². The van der Waals surface area contributed by atoms with Crippen molar-refractivity contribution in [2.75, 3.05) is 0 Å². The Balaban J connectivity index is 2.06. The van der Waals surface area contributed by atoms with Crippen LogP contribution >= 0.6 is 0 Å². The first kappa shape index (κ1) is 9.78. The first-order chi connectivity index (χ1) is 8.43. The number of H-pyrrole nitrogens is 1. The Hall–Kier alpha value is -2.42. The molecule has 0 radical (unpaired) electrons. The fraction of sp³-hybridized carbons (Fsp3) is 0. The molecule has 3 nitrogen and oxygen atoms in total. The van der Waals surface area contributed by atoms with Crippen molar-refractivity contribution in [2.24, 2.45) is 0 Å². The molecule has 0 aliphatic heterocycles. The Morgan fingerprint density at radius 3 is 2.41 bits per heavy atom. The molecule has 82 valence electrons. The highest BCUT2D eigenvalue weighted by Gasteiger charge is 2.03. The third kappa shape index (κ3) is 1.95. The van der Waals surface area contributed by atoms with Crippen LogP contribution in [0.2, 0.25) is 0 Å². The number of rotatable bonds is 2. The smallest absolute Gasteiger partial charge is 0.155 e. The van der Waals surface area contributed by atoms with Crippen molar-refractivity contribution in [2.45, 2.75) is 0 Å². The van der Waals surface area contributed by atoms with Gasteiger partial charge in [0.1, 0.15) is 5.69 Å². The van der Waals surface area contributed by atoms with Gasteiger partial charge in [-0.3, -0.25) is 0 Å². The molecule has 3 heteroatoms. The fourth-order valence-corrected chi connectivity index (χ4v) is 1.74. The van der Waals surface area contributed by atoms with Crippen molar-refractivity contribution in [1.82, 2.24) is 15.0 Å². The molecule has 0 bridgehead atoms. The molecule has 0 amide bonds. The van der Waals surface area contributed by atoms with E-state index in [0.29, 0.717) is 0 Å². The molecular formula is C14H11N3. The lowest BCUT2D eigenvalue weighted by Crippen LogP contribution is -1.88. The summed E-state index contributed by atoms with van der Waals surface area (Å²) in [4.78, 5) is 11.9. The highest BCUT2D eigenvalue weighted by molar-refractivity contribution is 5.62. The minimum Gasteiger partial charge on any atom is -0.343 e. The number of benzene rings is 1. The van der Waals surface area contributed by atoms with E-state index in [4.69, 9.17) is 0 Å². The molecule has 3 aromatic rings. The summed E-state index contributed by atoms with van der Waals surface area (Å²) >= 11 is 0. The molecule has 0 spiro atoms. The molecule has 0 aliphatic carbocycles. The maximum Gasteiger partial charge on any atom is 0.155 e. The molecule has 0 saturated carbocycles. The number of aromatic amines is 1. The van der Waals surface area contributed by atoms with Crippen molar-refractivity contribution in [3.63, 3.8) is 0 Å². The number of aromatic nitrogens is 3. The number of nitrogens with one attached hydrogen (secondary N) is 1. The van der Waals surface area contributed by atoms with Crippen molar-refractivity contribution < 1.29 is 0 Å². The standard InChI is InChI=1S/C14H11N3/c1-2-5-11(6-3-1)12-7-4-8-13(17-12)14-15-9-10-16-14/h1-10H,(H,15,16). The van der Waals surface area contributed by atoms with Gasteiger partial charge in [-0.25, -0.2) is 9.97 Å². The molecule has 0 aliphatic rings. The van der Waals surface area contributed by atoms with Gasteiger partial charge in [0.2, 0.25) is 0 Å². The summed E-state index contributed by atoms with van der Waals surface area (Å²) in [6.45, 7) is 0. The third-order valence-electron chi connectivity index (χ3n) is 2.56. The van der Waals surface area contributed by atoms with Gasteiger partial charge >= 0.3 is 0 Å². The van der Waals surface area contributed by atoms with E-state index in [1.54, 1.807) is 12.4 Å². The zero-order valence-electron chi connectivity index (χ0n) is 9.17. The van der Waals surface area contributed by atoms with Crippen LogP contribution in [0.15, 0.2) is 60.9 Å². The summed E-state index contributed by atoms with van der Waals surface area (Å²) < 4.78 is 0. The Kier molecular flexibility index (Phi) is 2.43. The number of nitrogens with zero attached hydrogens (tertiary/aromatic N) is 2. The molecule has 2 aromatic heterocycles. The van der Waals surface area contributed by atoms with Crippen LogP contribution in [0, 0.1) is 0 Å². The molecule has 17 heavy (non-hydrogen) atoms. The number of pyridine rings is 1. The van der Waals surface area contributed by atoms with Crippen molar-refractivity contribution >= 4 is 0 Å². The summed E-state index contributed by atoms with van der Waals surface area (Å²) in [6, 6.07) is 16.1. The molecule has 0 unspecified atom stereocenters. The second-order valence-electron chi connectivity index (χ2n) is 3.71. The monoisotopic (exact) mass is 221 g/mol. The third-order valence-corrected chi connectivity index (χ3v) is 2.56. The van der Waals surface area contributed by atoms with E-state index < -0.39 is 0 Å². The van der Waals surface area contributed by atoms with Gasteiger partial charge in [-0.05, 0) is 12.1 Å². The van der Waals surface area contributed by atoms with E-state index in [1.165, 1.54) is 0 Å². The molecule has 3 rings (SSSR count). The van der Waals surface area contributed by atoms with E-state index in [9.17, 15) is 0 Å². The van der Waals surface area contributed by atoms with E-state index in [0.717, 1.165) is 22.8 Å². The molecule has 2 heterocycles. The Morgan fingerprint density at radius 1 is 0.824 bits per heavy atom. The van der Waals surface area contributed by atoms with Gasteiger partial charge in [0, 0.05) is 18.0 Å². The predicted molar refractivity (Wildman–Crippen MR) is 67.3 cm³/mol. The number of hydrogen-bond acceptors (Lipinski definition) is 2. The fourth-order valence-electron chi connectivity index (χ4n) is 1.74. The van der Waals surface area contributed by atoms with Crippen LogP contribution < -0.4 is 0 Å². The zero-order valence-corrected chi connectivity index (χ0v) is 9.17. The minimum atomic E-state index is 0.794. The SMILES string of the molecule is c1ccc(-c2cccc(-c3ncc[nH]3)n2)cc1. The van der Waals surface area contributed by atoms with Gasteiger partial charge in [-0.1, -0.05) is 36.4 Å². The summed E-state index contributed by atoms with van der Waals surface area (Å²) in [7, 11) is 0. The normalized spacial score (nSPS) is 10.4. The molecule has 0 atom stereocenters. The van der Waals surface area contributed by atoms with Crippen molar-refractivity contribution in [3.05, 3.63) is 60.9 Å². The molecule has 0 fully saturated rings. The average Bonchev–Trinajstić information content (AvgIpc) is 2.94. The summed E-state index contributed by atoms with van der Waals surface area (Å²) in [5.41, 5.74) is 2.93. The summed E-state index contributed by atoms with van der Waals surface area (Å²) in [5.74, 6) is 0.794. The van der Waals surface area contributed by atoms with Crippen LogP contribution in [0.1, 0.15) is 0 Å². The number of imidazole rings is 1. The second kappa shape index (κ2) is 4.22. The van der Waals surface area contributed by atoms with Gasteiger partial charge in [-0.15, -0.1) is 0 Å². The number of hydrogen-bond donors (Lipinski definition) is 1. The van der Waals surface area contributed by atoms with E-state index in [1.807, 2.05) is 48.5 Å².